The van der Waals surface area contributed by atoms with Crippen molar-refractivity contribution < 1.29 is 0 Å². The molecule has 0 spiro atoms. The molecule has 0 aliphatic heterocycles. The van der Waals surface area contributed by atoms with Crippen LogP contribution in [-0.2, 0) is 0 Å². The van der Waals surface area contributed by atoms with E-state index in [1.807, 2.05) is 0 Å². The molecule has 0 aromatic carbocycles. The second-order valence-corrected chi connectivity index (χ2v) is 2.95. The predicted octanol–water partition coefficient (Wildman–Crippen LogP) is 4.34. The second kappa shape index (κ2) is 5.17. The normalized spacial score (nSPS) is 16.5. The maximum atomic E-state index is 2.29. The Kier molecular flexibility index (Phi) is 6.16. The summed E-state index contributed by atoms with van der Waals surface area (Å²) in [6.45, 7) is 6.62. The molecular formula is C11H22. The molecule has 0 unspecified atom stereocenters. The van der Waals surface area contributed by atoms with Crippen molar-refractivity contribution in [3.8, 4) is 0 Å². The van der Waals surface area contributed by atoms with Crippen LogP contribution in [0.1, 0.15) is 48.5 Å². The maximum absolute atomic E-state index is 2.29. The zero-order chi connectivity index (χ0) is 6.85. The molecule has 0 amide bonds. The van der Waals surface area contributed by atoms with Crippen molar-refractivity contribution in [3.63, 3.8) is 0 Å². The first-order valence-corrected chi connectivity index (χ1v) is 3.53. The van der Waals surface area contributed by atoms with E-state index in [0.717, 1.165) is 0 Å². The van der Waals surface area contributed by atoms with Crippen LogP contribution in [0.15, 0.2) is 22.8 Å². The average molecular weight is 154 g/mol. The van der Waals surface area contributed by atoms with Crippen LogP contribution in [0.2, 0.25) is 0 Å². The van der Waals surface area contributed by atoms with Crippen LogP contribution in [0.25, 0.3) is 0 Å². The zero-order valence-corrected chi connectivity index (χ0v) is 6.49. The highest BCUT2D eigenvalue weighted by molar-refractivity contribution is 5.29. The van der Waals surface area contributed by atoms with Gasteiger partial charge in [0.1, 0.15) is 0 Å². The highest BCUT2D eigenvalue weighted by Gasteiger charge is 2.01. The third-order valence-corrected chi connectivity index (χ3v) is 2.03. The van der Waals surface area contributed by atoms with Gasteiger partial charge in [-0.15, -0.1) is 0 Å². The smallest absolute Gasteiger partial charge is 0.0280 e. The van der Waals surface area contributed by atoms with Gasteiger partial charge in [0, 0.05) is 0 Å². The van der Waals surface area contributed by atoms with Gasteiger partial charge in [0.05, 0.1) is 0 Å². The summed E-state index contributed by atoms with van der Waals surface area (Å²) in [5, 5.41) is 0. The first-order valence-electron chi connectivity index (χ1n) is 3.53. The molecular weight excluding hydrogens is 132 g/mol. The Morgan fingerprint density at radius 2 is 1.55 bits per heavy atom. The first-order chi connectivity index (χ1) is 4.20. The van der Waals surface area contributed by atoms with Crippen LogP contribution in [0.4, 0.5) is 0 Å². The van der Waals surface area contributed by atoms with Crippen molar-refractivity contribution in [2.75, 3.05) is 0 Å². The van der Waals surface area contributed by atoms with E-state index >= 15 is 0 Å². The predicted molar refractivity (Wildman–Crippen MR) is 54.8 cm³/mol. The molecule has 0 saturated heterocycles. The quantitative estimate of drug-likeness (QED) is 0.487. The van der Waals surface area contributed by atoms with Gasteiger partial charge in [-0.25, -0.2) is 0 Å². The van der Waals surface area contributed by atoms with Crippen LogP contribution in [0, 0.1) is 0 Å². The van der Waals surface area contributed by atoms with Gasteiger partial charge >= 0.3 is 0 Å². The van der Waals surface area contributed by atoms with E-state index in [1.165, 1.54) is 24.0 Å². The van der Waals surface area contributed by atoms with Crippen molar-refractivity contribution in [2.45, 2.75) is 48.5 Å². The number of allylic oxidation sites excluding steroid dienone is 4. The molecule has 0 nitrogen and oxygen atoms in total. The van der Waals surface area contributed by atoms with Gasteiger partial charge in [0.25, 0.3) is 0 Å². The van der Waals surface area contributed by atoms with Crippen LogP contribution in [-0.4, -0.2) is 0 Å². The Morgan fingerprint density at radius 3 is 1.91 bits per heavy atom. The van der Waals surface area contributed by atoms with Gasteiger partial charge in [-0.3, -0.25) is 0 Å². The Hall–Kier alpha value is -0.520. The van der Waals surface area contributed by atoms with Crippen LogP contribution in [0.3, 0.4) is 0 Å². The van der Waals surface area contributed by atoms with Crippen molar-refractivity contribution in [1.29, 1.82) is 0 Å². The minimum absolute atomic E-state index is 0. The topological polar surface area (TPSA) is 0 Å². The van der Waals surface area contributed by atoms with Crippen LogP contribution >= 0.6 is 0 Å². The SMILES string of the molecule is C.C.CC1=CC(C)=C(C)CC1. The molecule has 0 heterocycles. The first kappa shape index (κ1) is 13.1. The highest BCUT2D eigenvalue weighted by atomic mass is 14.1. The molecule has 1 rings (SSSR count). The van der Waals surface area contributed by atoms with E-state index < -0.39 is 0 Å². The second-order valence-electron chi connectivity index (χ2n) is 2.95. The lowest BCUT2D eigenvalue weighted by atomic mass is 9.95. The van der Waals surface area contributed by atoms with Gasteiger partial charge in [0.15, 0.2) is 0 Å². The maximum Gasteiger partial charge on any atom is -0.0280 e. The summed E-state index contributed by atoms with van der Waals surface area (Å²) in [4.78, 5) is 0. The molecule has 0 aromatic rings. The minimum Gasteiger partial charge on any atom is -0.0776 e. The van der Waals surface area contributed by atoms with E-state index in [2.05, 4.69) is 26.8 Å². The third-order valence-electron chi connectivity index (χ3n) is 2.03. The van der Waals surface area contributed by atoms with E-state index in [9.17, 15) is 0 Å². The lowest BCUT2D eigenvalue weighted by molar-refractivity contribution is 0.887. The van der Waals surface area contributed by atoms with Gasteiger partial charge in [0.2, 0.25) is 0 Å². The van der Waals surface area contributed by atoms with Gasteiger partial charge in [-0.2, -0.15) is 0 Å². The third kappa shape index (κ3) is 3.41. The monoisotopic (exact) mass is 154 g/mol. The lowest BCUT2D eigenvalue weighted by Crippen LogP contribution is -1.91. The Bertz CT molecular complexity index is 170. The summed E-state index contributed by atoms with van der Waals surface area (Å²) in [6, 6.07) is 0. The molecule has 0 N–H and O–H groups in total. The number of hydrogen-bond acceptors (Lipinski definition) is 0. The summed E-state index contributed by atoms with van der Waals surface area (Å²) in [5.41, 5.74) is 4.55. The standard InChI is InChI=1S/C9H14.2CH4/c1-7-4-5-8(2)9(3)6-7;;/h6H,4-5H2,1-3H3;2*1H4. The van der Waals surface area contributed by atoms with Gasteiger partial charge < -0.3 is 0 Å². The van der Waals surface area contributed by atoms with E-state index in [4.69, 9.17) is 0 Å². The summed E-state index contributed by atoms with van der Waals surface area (Å²) in [5.74, 6) is 0. The fraction of sp³-hybridized carbons (Fsp3) is 0.636. The largest absolute Gasteiger partial charge is 0.0776 e. The molecule has 1 aliphatic carbocycles. The molecule has 0 atom stereocenters. The van der Waals surface area contributed by atoms with Crippen LogP contribution < -0.4 is 0 Å². The summed E-state index contributed by atoms with van der Waals surface area (Å²) in [6.07, 6.45) is 4.83. The minimum atomic E-state index is 0. The van der Waals surface area contributed by atoms with Crippen molar-refractivity contribution in [1.82, 2.24) is 0 Å². The molecule has 0 saturated carbocycles. The summed E-state index contributed by atoms with van der Waals surface area (Å²) in [7, 11) is 0. The van der Waals surface area contributed by atoms with E-state index in [0.29, 0.717) is 0 Å². The Labute approximate surface area is 72.0 Å². The fourth-order valence-corrected chi connectivity index (χ4v) is 1.15. The lowest BCUT2D eigenvalue weighted by Gasteiger charge is -2.11. The summed E-state index contributed by atoms with van der Waals surface area (Å²) >= 11 is 0. The van der Waals surface area contributed by atoms with Gasteiger partial charge in [-0.05, 0) is 33.6 Å². The molecule has 0 aromatic heterocycles. The molecule has 0 bridgehead atoms. The average Bonchev–Trinajstić information content (AvgIpc) is 1.80. The number of rotatable bonds is 0. The highest BCUT2D eigenvalue weighted by Crippen LogP contribution is 2.22. The van der Waals surface area contributed by atoms with Crippen molar-refractivity contribution in [3.05, 3.63) is 22.8 Å². The number of hydrogen-bond donors (Lipinski definition) is 0. The Morgan fingerprint density at radius 1 is 1.00 bits per heavy atom. The molecule has 11 heavy (non-hydrogen) atoms. The van der Waals surface area contributed by atoms with Gasteiger partial charge in [-0.1, -0.05) is 37.6 Å². The molecule has 0 heteroatoms. The molecule has 0 fully saturated rings. The Balaban J connectivity index is 0. The molecule has 0 radical (unpaired) electrons. The van der Waals surface area contributed by atoms with E-state index in [-0.39, 0.29) is 14.9 Å². The molecule has 1 aliphatic rings. The van der Waals surface area contributed by atoms with Crippen LogP contribution in [0.5, 0.6) is 0 Å². The zero-order valence-electron chi connectivity index (χ0n) is 6.49. The van der Waals surface area contributed by atoms with E-state index in [1.54, 1.807) is 5.57 Å². The molecule has 66 valence electrons. The van der Waals surface area contributed by atoms with Crippen molar-refractivity contribution in [2.24, 2.45) is 0 Å². The fourth-order valence-electron chi connectivity index (χ4n) is 1.15. The summed E-state index contributed by atoms with van der Waals surface area (Å²) < 4.78 is 0. The van der Waals surface area contributed by atoms with Crippen molar-refractivity contribution >= 4 is 0 Å².